The third-order valence-electron chi connectivity index (χ3n) is 3.42. The summed E-state index contributed by atoms with van der Waals surface area (Å²) in [6, 6.07) is 8.47. The van der Waals surface area contributed by atoms with E-state index >= 15 is 0 Å². The van der Waals surface area contributed by atoms with E-state index in [2.05, 4.69) is 71.0 Å². The number of rotatable bonds is 7. The molecular weight excluding hydrogens is 431 g/mol. The highest BCUT2D eigenvalue weighted by Gasteiger charge is 2.02. The maximum atomic E-state index is 4.65. The van der Waals surface area contributed by atoms with Crippen molar-refractivity contribution in [2.75, 3.05) is 13.1 Å². The summed E-state index contributed by atoms with van der Waals surface area (Å²) in [6.45, 7) is 8.71. The number of nitrogens with zero attached hydrogens (tertiary/aromatic N) is 2. The molecule has 1 aromatic carbocycles. The Morgan fingerprint density at radius 1 is 1.25 bits per heavy atom. The molecule has 0 saturated carbocycles. The highest BCUT2D eigenvalue weighted by atomic mass is 127. The van der Waals surface area contributed by atoms with Crippen molar-refractivity contribution >= 4 is 41.3 Å². The van der Waals surface area contributed by atoms with Crippen molar-refractivity contribution in [3.8, 4) is 0 Å². The van der Waals surface area contributed by atoms with Gasteiger partial charge in [0.2, 0.25) is 0 Å². The van der Waals surface area contributed by atoms with Crippen LogP contribution in [0.4, 0.5) is 0 Å². The van der Waals surface area contributed by atoms with Crippen LogP contribution in [0.3, 0.4) is 0 Å². The summed E-state index contributed by atoms with van der Waals surface area (Å²) in [7, 11) is 0. The molecule has 6 heteroatoms. The van der Waals surface area contributed by atoms with Crippen LogP contribution in [-0.2, 0) is 19.4 Å². The molecule has 2 aromatic rings. The summed E-state index contributed by atoms with van der Waals surface area (Å²) in [5.41, 5.74) is 3.66. The Morgan fingerprint density at radius 2 is 2.08 bits per heavy atom. The van der Waals surface area contributed by atoms with Gasteiger partial charge in [0.25, 0.3) is 0 Å². The van der Waals surface area contributed by atoms with Crippen LogP contribution >= 0.6 is 35.3 Å². The standard InChI is InChI=1S/C18H26N4S.HI/c1-4-17-22-16(13-23-17)9-10-20-18(19-5-2)21-12-15-8-6-7-14(3)11-15;/h6-8,11,13H,4-5,9-10,12H2,1-3H3,(H2,19,20,21);1H. The average Bonchev–Trinajstić information content (AvgIpc) is 3.01. The lowest BCUT2D eigenvalue weighted by molar-refractivity contribution is 0.789. The molecule has 0 saturated heterocycles. The van der Waals surface area contributed by atoms with Crippen molar-refractivity contribution in [1.29, 1.82) is 0 Å². The van der Waals surface area contributed by atoms with Gasteiger partial charge in [-0.25, -0.2) is 9.98 Å². The maximum Gasteiger partial charge on any atom is 0.191 e. The number of aryl methyl sites for hydroxylation is 2. The van der Waals surface area contributed by atoms with Crippen LogP contribution in [0.15, 0.2) is 34.6 Å². The number of halogens is 1. The zero-order chi connectivity index (χ0) is 16.5. The van der Waals surface area contributed by atoms with E-state index in [0.717, 1.165) is 37.6 Å². The largest absolute Gasteiger partial charge is 0.357 e. The minimum atomic E-state index is 0. The first-order chi connectivity index (χ1) is 11.2. The lowest BCUT2D eigenvalue weighted by Crippen LogP contribution is -2.38. The van der Waals surface area contributed by atoms with Crippen molar-refractivity contribution in [1.82, 2.24) is 15.6 Å². The van der Waals surface area contributed by atoms with Crippen LogP contribution in [0.1, 0.15) is 35.7 Å². The van der Waals surface area contributed by atoms with Crippen molar-refractivity contribution < 1.29 is 0 Å². The summed E-state index contributed by atoms with van der Waals surface area (Å²) >= 11 is 1.74. The zero-order valence-electron chi connectivity index (χ0n) is 14.6. The van der Waals surface area contributed by atoms with Gasteiger partial charge < -0.3 is 10.6 Å². The molecule has 0 atom stereocenters. The van der Waals surface area contributed by atoms with Gasteiger partial charge in [-0.15, -0.1) is 35.3 Å². The monoisotopic (exact) mass is 458 g/mol. The second-order valence-electron chi connectivity index (χ2n) is 5.45. The topological polar surface area (TPSA) is 49.3 Å². The molecule has 2 rings (SSSR count). The number of aliphatic imine (C=N–C) groups is 1. The molecule has 1 heterocycles. The fourth-order valence-electron chi connectivity index (χ4n) is 2.26. The molecule has 0 aliphatic heterocycles. The Bertz CT molecular complexity index is 639. The maximum absolute atomic E-state index is 4.65. The number of hydrogen-bond donors (Lipinski definition) is 2. The molecule has 0 amide bonds. The highest BCUT2D eigenvalue weighted by Crippen LogP contribution is 2.10. The number of guanidine groups is 1. The predicted octanol–water partition coefficient (Wildman–Crippen LogP) is 3.93. The molecule has 0 aliphatic rings. The van der Waals surface area contributed by atoms with Crippen LogP contribution in [0.5, 0.6) is 0 Å². The summed E-state index contributed by atoms with van der Waals surface area (Å²) in [5, 5.41) is 10.0. The highest BCUT2D eigenvalue weighted by molar-refractivity contribution is 14.0. The molecule has 0 fully saturated rings. The molecule has 0 bridgehead atoms. The molecular formula is C18H27IN4S. The number of benzene rings is 1. The van der Waals surface area contributed by atoms with E-state index in [4.69, 9.17) is 0 Å². The SMILES string of the molecule is CCNC(=NCc1cccc(C)c1)NCCc1csc(CC)n1.I. The van der Waals surface area contributed by atoms with Gasteiger partial charge in [-0.1, -0.05) is 36.8 Å². The third-order valence-corrected chi connectivity index (χ3v) is 4.46. The Morgan fingerprint density at radius 3 is 2.75 bits per heavy atom. The van der Waals surface area contributed by atoms with Crippen LogP contribution in [0, 0.1) is 6.92 Å². The minimum absolute atomic E-state index is 0. The van der Waals surface area contributed by atoms with Gasteiger partial charge in [-0.05, 0) is 25.8 Å². The molecule has 24 heavy (non-hydrogen) atoms. The first kappa shape index (κ1) is 20.9. The van der Waals surface area contributed by atoms with E-state index in [0.29, 0.717) is 6.54 Å². The predicted molar refractivity (Wildman–Crippen MR) is 115 cm³/mol. The van der Waals surface area contributed by atoms with Gasteiger partial charge >= 0.3 is 0 Å². The fraction of sp³-hybridized carbons (Fsp3) is 0.444. The smallest absolute Gasteiger partial charge is 0.191 e. The first-order valence-electron chi connectivity index (χ1n) is 8.22. The van der Waals surface area contributed by atoms with E-state index in [1.54, 1.807) is 11.3 Å². The molecule has 2 N–H and O–H groups in total. The van der Waals surface area contributed by atoms with Crippen molar-refractivity contribution in [3.63, 3.8) is 0 Å². The Labute approximate surface area is 166 Å². The van der Waals surface area contributed by atoms with Crippen LogP contribution in [0.2, 0.25) is 0 Å². The Balaban J connectivity index is 0.00000288. The van der Waals surface area contributed by atoms with Crippen LogP contribution in [0.25, 0.3) is 0 Å². The molecule has 0 aliphatic carbocycles. The van der Waals surface area contributed by atoms with Gasteiger partial charge in [-0.2, -0.15) is 0 Å². The van der Waals surface area contributed by atoms with Crippen LogP contribution in [-0.4, -0.2) is 24.0 Å². The fourth-order valence-corrected chi connectivity index (χ4v) is 3.04. The Kier molecular flexibility index (Phi) is 9.94. The number of hydrogen-bond acceptors (Lipinski definition) is 3. The van der Waals surface area contributed by atoms with Gasteiger partial charge in [0.15, 0.2) is 5.96 Å². The normalized spacial score (nSPS) is 11.0. The first-order valence-corrected chi connectivity index (χ1v) is 9.10. The molecule has 132 valence electrons. The summed E-state index contributed by atoms with van der Waals surface area (Å²) in [4.78, 5) is 9.25. The summed E-state index contributed by atoms with van der Waals surface area (Å²) in [6.07, 6.45) is 1.93. The minimum Gasteiger partial charge on any atom is -0.357 e. The number of nitrogens with one attached hydrogen (secondary N) is 2. The number of aromatic nitrogens is 1. The van der Waals surface area contributed by atoms with Gasteiger partial charge in [0.1, 0.15) is 0 Å². The van der Waals surface area contributed by atoms with Crippen LogP contribution < -0.4 is 10.6 Å². The quantitative estimate of drug-likeness (QED) is 0.376. The van der Waals surface area contributed by atoms with E-state index in [9.17, 15) is 0 Å². The summed E-state index contributed by atoms with van der Waals surface area (Å²) < 4.78 is 0. The summed E-state index contributed by atoms with van der Waals surface area (Å²) in [5.74, 6) is 0.861. The lowest BCUT2D eigenvalue weighted by Gasteiger charge is -2.10. The lowest BCUT2D eigenvalue weighted by atomic mass is 10.1. The van der Waals surface area contributed by atoms with E-state index in [-0.39, 0.29) is 24.0 Å². The van der Waals surface area contributed by atoms with Crippen molar-refractivity contribution in [2.45, 2.75) is 40.2 Å². The van der Waals surface area contributed by atoms with E-state index in [1.807, 2.05) is 0 Å². The van der Waals surface area contributed by atoms with Crippen molar-refractivity contribution in [3.05, 3.63) is 51.5 Å². The van der Waals surface area contributed by atoms with Gasteiger partial charge in [-0.3, -0.25) is 0 Å². The Hall–Kier alpha value is -1.15. The zero-order valence-corrected chi connectivity index (χ0v) is 17.8. The molecule has 0 spiro atoms. The van der Waals surface area contributed by atoms with Crippen molar-refractivity contribution in [2.24, 2.45) is 4.99 Å². The molecule has 4 nitrogen and oxygen atoms in total. The second-order valence-corrected chi connectivity index (χ2v) is 6.39. The third kappa shape index (κ3) is 7.17. The van der Waals surface area contributed by atoms with E-state index in [1.165, 1.54) is 16.1 Å². The second kappa shape index (κ2) is 11.4. The van der Waals surface area contributed by atoms with Gasteiger partial charge in [0, 0.05) is 24.9 Å². The molecule has 0 unspecified atom stereocenters. The number of thiazole rings is 1. The molecule has 0 radical (unpaired) electrons. The molecule has 1 aromatic heterocycles. The van der Waals surface area contributed by atoms with Gasteiger partial charge in [0.05, 0.1) is 17.2 Å². The van der Waals surface area contributed by atoms with E-state index < -0.39 is 0 Å². The average molecular weight is 458 g/mol.